The number of anilines is 1. The van der Waals surface area contributed by atoms with E-state index >= 15 is 0 Å². The number of nitrogens with zero attached hydrogens (tertiary/aromatic N) is 1. The Morgan fingerprint density at radius 3 is 2.63 bits per heavy atom. The van der Waals surface area contributed by atoms with Crippen LogP contribution in [0.1, 0.15) is 39.0 Å². The van der Waals surface area contributed by atoms with E-state index in [2.05, 4.69) is 16.6 Å². The third kappa shape index (κ3) is 3.45. The highest BCUT2D eigenvalue weighted by Crippen LogP contribution is 2.27. The van der Waals surface area contributed by atoms with Gasteiger partial charge >= 0.3 is 0 Å². The predicted molar refractivity (Wildman–Crippen MR) is 75.0 cm³/mol. The van der Waals surface area contributed by atoms with E-state index in [1.165, 1.54) is 12.6 Å². The SMILES string of the molecule is CCC1CCC(NS(=O)(=O)c2ncccc2N)CC1. The fourth-order valence-electron chi connectivity index (χ4n) is 2.59. The topological polar surface area (TPSA) is 85.1 Å². The minimum atomic E-state index is -3.60. The first-order chi connectivity index (χ1) is 9.03. The van der Waals surface area contributed by atoms with Gasteiger partial charge in [0, 0.05) is 12.2 Å². The second-order valence-corrected chi connectivity index (χ2v) is 6.77. The molecule has 5 nitrogen and oxygen atoms in total. The van der Waals surface area contributed by atoms with Gasteiger partial charge in [-0.1, -0.05) is 13.3 Å². The van der Waals surface area contributed by atoms with E-state index in [1.54, 1.807) is 12.1 Å². The molecule has 106 valence electrons. The Bertz CT molecular complexity index is 522. The standard InChI is InChI=1S/C13H21N3O2S/c1-2-10-5-7-11(8-6-10)16-19(17,18)13-12(14)4-3-9-15-13/h3-4,9-11,16H,2,5-8,14H2,1H3. The molecule has 0 amide bonds. The molecule has 1 heterocycles. The third-order valence-corrected chi connectivity index (χ3v) is 5.29. The lowest BCUT2D eigenvalue weighted by molar-refractivity contribution is 0.306. The summed E-state index contributed by atoms with van der Waals surface area (Å²) in [6, 6.07) is 3.19. The van der Waals surface area contributed by atoms with Crippen LogP contribution in [-0.2, 0) is 10.0 Å². The summed E-state index contributed by atoms with van der Waals surface area (Å²) in [6.07, 6.45) is 6.57. The zero-order valence-corrected chi connectivity index (χ0v) is 12.0. The van der Waals surface area contributed by atoms with Crippen molar-refractivity contribution in [3.8, 4) is 0 Å². The van der Waals surface area contributed by atoms with Crippen molar-refractivity contribution in [3.05, 3.63) is 18.3 Å². The molecule has 0 aliphatic heterocycles. The zero-order chi connectivity index (χ0) is 13.9. The van der Waals surface area contributed by atoms with Crippen molar-refractivity contribution in [2.45, 2.75) is 50.1 Å². The number of rotatable bonds is 4. The van der Waals surface area contributed by atoms with Crippen molar-refractivity contribution in [2.24, 2.45) is 5.92 Å². The molecule has 0 unspecified atom stereocenters. The molecule has 0 bridgehead atoms. The van der Waals surface area contributed by atoms with Gasteiger partial charge in [-0.25, -0.2) is 18.1 Å². The highest BCUT2D eigenvalue weighted by atomic mass is 32.2. The van der Waals surface area contributed by atoms with Crippen LogP contribution in [0.25, 0.3) is 0 Å². The molecule has 1 aliphatic carbocycles. The Morgan fingerprint density at radius 1 is 1.37 bits per heavy atom. The summed E-state index contributed by atoms with van der Waals surface area (Å²) in [5.41, 5.74) is 5.87. The average Bonchev–Trinajstić information content (AvgIpc) is 2.39. The summed E-state index contributed by atoms with van der Waals surface area (Å²) in [5.74, 6) is 0.737. The van der Waals surface area contributed by atoms with Crippen LogP contribution in [0.4, 0.5) is 5.69 Å². The molecule has 1 aromatic heterocycles. The van der Waals surface area contributed by atoms with Crippen molar-refractivity contribution in [1.29, 1.82) is 0 Å². The Kier molecular flexibility index (Phi) is 4.42. The lowest BCUT2D eigenvalue weighted by Crippen LogP contribution is -2.38. The van der Waals surface area contributed by atoms with Gasteiger partial charge in [-0.05, 0) is 43.7 Å². The molecule has 0 atom stereocenters. The minimum absolute atomic E-state index is 0.00852. The van der Waals surface area contributed by atoms with Gasteiger partial charge in [-0.15, -0.1) is 0 Å². The number of nitrogens with two attached hydrogens (primary N) is 1. The van der Waals surface area contributed by atoms with Crippen molar-refractivity contribution in [2.75, 3.05) is 5.73 Å². The fourth-order valence-corrected chi connectivity index (χ4v) is 3.96. The zero-order valence-electron chi connectivity index (χ0n) is 11.2. The number of hydrogen-bond acceptors (Lipinski definition) is 4. The highest BCUT2D eigenvalue weighted by molar-refractivity contribution is 7.89. The first-order valence-corrected chi connectivity index (χ1v) is 8.24. The van der Waals surface area contributed by atoms with Gasteiger partial charge in [0.05, 0.1) is 5.69 Å². The van der Waals surface area contributed by atoms with Crippen molar-refractivity contribution in [3.63, 3.8) is 0 Å². The van der Waals surface area contributed by atoms with E-state index in [0.717, 1.165) is 31.6 Å². The van der Waals surface area contributed by atoms with Gasteiger partial charge in [0.1, 0.15) is 0 Å². The Hall–Kier alpha value is -1.14. The van der Waals surface area contributed by atoms with Crippen LogP contribution in [0.3, 0.4) is 0 Å². The largest absolute Gasteiger partial charge is 0.396 e. The summed E-state index contributed by atoms with van der Waals surface area (Å²) < 4.78 is 27.2. The van der Waals surface area contributed by atoms with Gasteiger partial charge < -0.3 is 5.73 Å². The second kappa shape index (κ2) is 5.88. The predicted octanol–water partition coefficient (Wildman–Crippen LogP) is 1.91. The molecule has 1 aromatic rings. The molecule has 3 N–H and O–H groups in total. The van der Waals surface area contributed by atoms with E-state index in [0.29, 0.717) is 0 Å². The lowest BCUT2D eigenvalue weighted by atomic mass is 9.85. The molecule has 19 heavy (non-hydrogen) atoms. The molecule has 0 spiro atoms. The monoisotopic (exact) mass is 283 g/mol. The number of nitrogen functional groups attached to an aromatic ring is 1. The van der Waals surface area contributed by atoms with Crippen LogP contribution in [0.15, 0.2) is 23.4 Å². The third-order valence-electron chi connectivity index (χ3n) is 3.80. The molecule has 0 aromatic carbocycles. The van der Waals surface area contributed by atoms with Gasteiger partial charge in [0.25, 0.3) is 10.0 Å². The average molecular weight is 283 g/mol. The van der Waals surface area contributed by atoms with E-state index in [-0.39, 0.29) is 16.8 Å². The van der Waals surface area contributed by atoms with Crippen LogP contribution in [-0.4, -0.2) is 19.4 Å². The summed E-state index contributed by atoms with van der Waals surface area (Å²) in [4.78, 5) is 3.87. The summed E-state index contributed by atoms with van der Waals surface area (Å²) in [6.45, 7) is 2.18. The maximum atomic E-state index is 12.2. The van der Waals surface area contributed by atoms with Crippen molar-refractivity contribution >= 4 is 15.7 Å². The Morgan fingerprint density at radius 2 is 2.05 bits per heavy atom. The molecule has 1 aliphatic rings. The van der Waals surface area contributed by atoms with E-state index in [1.807, 2.05) is 0 Å². The Balaban J connectivity index is 2.05. The van der Waals surface area contributed by atoms with E-state index in [4.69, 9.17) is 5.73 Å². The van der Waals surface area contributed by atoms with Gasteiger partial charge in [0.2, 0.25) is 0 Å². The summed E-state index contributed by atoms with van der Waals surface area (Å²) in [5, 5.41) is -0.0624. The molecule has 0 saturated heterocycles. The van der Waals surface area contributed by atoms with Crippen molar-refractivity contribution in [1.82, 2.24) is 9.71 Å². The van der Waals surface area contributed by atoms with Crippen LogP contribution >= 0.6 is 0 Å². The number of nitrogens with one attached hydrogen (secondary N) is 1. The van der Waals surface area contributed by atoms with Gasteiger partial charge in [0.15, 0.2) is 5.03 Å². The van der Waals surface area contributed by atoms with Crippen LogP contribution in [0.2, 0.25) is 0 Å². The maximum absolute atomic E-state index is 12.2. The van der Waals surface area contributed by atoms with Gasteiger partial charge in [-0.3, -0.25) is 0 Å². The normalized spacial score (nSPS) is 24.3. The van der Waals surface area contributed by atoms with Crippen LogP contribution < -0.4 is 10.5 Å². The van der Waals surface area contributed by atoms with E-state index in [9.17, 15) is 8.42 Å². The summed E-state index contributed by atoms with van der Waals surface area (Å²) >= 11 is 0. The Labute approximate surface area is 114 Å². The number of hydrogen-bond donors (Lipinski definition) is 2. The second-order valence-electron chi connectivity index (χ2n) is 5.14. The molecule has 0 radical (unpaired) electrons. The van der Waals surface area contributed by atoms with Gasteiger partial charge in [-0.2, -0.15) is 0 Å². The summed E-state index contributed by atoms with van der Waals surface area (Å²) in [7, 11) is -3.60. The van der Waals surface area contributed by atoms with Crippen molar-refractivity contribution < 1.29 is 8.42 Å². The molecular weight excluding hydrogens is 262 g/mol. The first kappa shape index (κ1) is 14.3. The number of sulfonamides is 1. The highest BCUT2D eigenvalue weighted by Gasteiger charge is 2.26. The number of pyridine rings is 1. The van der Waals surface area contributed by atoms with Crippen LogP contribution in [0.5, 0.6) is 0 Å². The molecule has 1 saturated carbocycles. The molecule has 6 heteroatoms. The quantitative estimate of drug-likeness (QED) is 0.884. The molecule has 2 rings (SSSR count). The first-order valence-electron chi connectivity index (χ1n) is 6.75. The fraction of sp³-hybridized carbons (Fsp3) is 0.615. The lowest BCUT2D eigenvalue weighted by Gasteiger charge is -2.28. The van der Waals surface area contributed by atoms with E-state index < -0.39 is 10.0 Å². The number of aromatic nitrogens is 1. The smallest absolute Gasteiger partial charge is 0.260 e. The molecular formula is C13H21N3O2S. The molecule has 1 fully saturated rings. The maximum Gasteiger partial charge on any atom is 0.260 e. The van der Waals surface area contributed by atoms with Crippen LogP contribution in [0, 0.1) is 5.92 Å². The minimum Gasteiger partial charge on any atom is -0.396 e.